The third kappa shape index (κ3) is 4.05. The van der Waals surface area contributed by atoms with Gasteiger partial charge in [0.2, 0.25) is 17.7 Å². The predicted molar refractivity (Wildman–Crippen MR) is 143 cm³/mol. The predicted octanol–water partition coefficient (Wildman–Crippen LogP) is 4.23. The lowest BCUT2D eigenvalue weighted by Crippen LogP contribution is -2.37. The molecule has 37 heavy (non-hydrogen) atoms. The molecule has 2 saturated carbocycles. The Kier molecular flexibility index (Phi) is 6.26. The highest BCUT2D eigenvalue weighted by molar-refractivity contribution is 9.12. The maximum Gasteiger partial charge on any atom is 0.316 e. The van der Waals surface area contributed by atoms with Crippen molar-refractivity contribution in [1.29, 1.82) is 0 Å². The van der Waals surface area contributed by atoms with Gasteiger partial charge in [-0.1, -0.05) is 62.2 Å². The Labute approximate surface area is 231 Å². The molecule has 2 heterocycles. The van der Waals surface area contributed by atoms with E-state index in [0.717, 1.165) is 12.0 Å². The molecule has 4 aliphatic rings. The van der Waals surface area contributed by atoms with Gasteiger partial charge in [-0.2, -0.15) is 0 Å². The monoisotopic (exact) mass is 628 g/mol. The number of likely N-dealkylation sites (tertiary alicyclic amines) is 1. The van der Waals surface area contributed by atoms with Gasteiger partial charge < -0.3 is 9.64 Å². The minimum Gasteiger partial charge on any atom is -0.426 e. The lowest BCUT2D eigenvalue weighted by molar-refractivity contribution is -0.139. The third-order valence-electron chi connectivity index (χ3n) is 8.38. The molecule has 9 heteroatoms. The number of alkyl halides is 2. The normalized spacial score (nSPS) is 32.4. The van der Waals surface area contributed by atoms with Gasteiger partial charge in [-0.05, 0) is 54.5 Å². The lowest BCUT2D eigenvalue weighted by Gasteiger charge is -2.28. The van der Waals surface area contributed by atoms with Crippen LogP contribution >= 0.6 is 31.9 Å². The molecule has 0 radical (unpaired) electrons. The van der Waals surface area contributed by atoms with Crippen molar-refractivity contribution in [2.45, 2.75) is 36.0 Å². The van der Waals surface area contributed by atoms with Crippen LogP contribution in [-0.2, 0) is 25.7 Å². The highest BCUT2D eigenvalue weighted by atomic mass is 79.9. The standard InChI is InChI=1S/C28H26Br2N2O5/c1-14-9-17(37-28(36)16-10-21(33)31(13-16)12-15-5-3-2-4-6-15)7-8-20(14)32-26(34)22-18-11-19(23(22)27(32)35)25(30)24(18)29/h2-9,16,18-19,22-25H,10-13H2,1H3/t16-,18-,19-,22-,23-,24+,25+/m1/s1. The fraction of sp³-hybridized carbons (Fsp3) is 0.429. The van der Waals surface area contributed by atoms with Crippen molar-refractivity contribution in [2.75, 3.05) is 11.4 Å². The van der Waals surface area contributed by atoms with E-state index in [1.54, 1.807) is 30.0 Å². The van der Waals surface area contributed by atoms with Gasteiger partial charge in [0.15, 0.2) is 0 Å². The molecule has 2 saturated heterocycles. The molecular weight excluding hydrogens is 604 g/mol. The fourth-order valence-electron chi connectivity index (χ4n) is 6.61. The summed E-state index contributed by atoms with van der Waals surface area (Å²) in [5.74, 6) is -1.28. The molecule has 2 aliphatic carbocycles. The van der Waals surface area contributed by atoms with Gasteiger partial charge >= 0.3 is 5.97 Å². The second-order valence-corrected chi connectivity index (χ2v) is 12.7. The number of fused-ring (bicyclic) bond motifs is 5. The Bertz CT molecular complexity index is 1270. The second-order valence-electron chi connectivity index (χ2n) is 10.5. The number of rotatable bonds is 5. The number of hydrogen-bond donors (Lipinski definition) is 0. The molecule has 192 valence electrons. The molecule has 2 aliphatic heterocycles. The van der Waals surface area contributed by atoms with Crippen LogP contribution in [-0.4, -0.2) is 44.8 Å². The van der Waals surface area contributed by atoms with Crippen LogP contribution in [0.2, 0.25) is 0 Å². The van der Waals surface area contributed by atoms with Crippen molar-refractivity contribution < 1.29 is 23.9 Å². The quantitative estimate of drug-likeness (QED) is 0.214. The summed E-state index contributed by atoms with van der Waals surface area (Å²) in [5, 5.41) is 0. The molecule has 0 spiro atoms. The van der Waals surface area contributed by atoms with Gasteiger partial charge in [-0.15, -0.1) is 0 Å². The molecule has 2 aromatic carbocycles. The van der Waals surface area contributed by atoms with Crippen molar-refractivity contribution in [3.63, 3.8) is 0 Å². The minimum absolute atomic E-state index is 0.0701. The molecular formula is C28H26Br2N2O5. The Morgan fingerprint density at radius 2 is 1.62 bits per heavy atom. The van der Waals surface area contributed by atoms with E-state index in [4.69, 9.17) is 4.74 Å². The van der Waals surface area contributed by atoms with Gasteiger partial charge in [0.25, 0.3) is 0 Å². The highest BCUT2D eigenvalue weighted by Gasteiger charge is 2.66. The van der Waals surface area contributed by atoms with Crippen LogP contribution in [0.5, 0.6) is 5.75 Å². The molecule has 0 N–H and O–H groups in total. The van der Waals surface area contributed by atoms with Gasteiger partial charge in [0.1, 0.15) is 5.75 Å². The van der Waals surface area contributed by atoms with Crippen LogP contribution < -0.4 is 9.64 Å². The Hall–Kier alpha value is -2.52. The van der Waals surface area contributed by atoms with E-state index in [1.165, 1.54) is 4.90 Å². The largest absolute Gasteiger partial charge is 0.426 e. The molecule has 2 bridgehead atoms. The van der Waals surface area contributed by atoms with E-state index in [1.807, 2.05) is 30.3 Å². The Morgan fingerprint density at radius 1 is 0.973 bits per heavy atom. The zero-order valence-electron chi connectivity index (χ0n) is 20.2. The lowest BCUT2D eigenvalue weighted by atomic mass is 9.81. The summed E-state index contributed by atoms with van der Waals surface area (Å²) in [5.41, 5.74) is 2.22. The Balaban J connectivity index is 1.14. The molecule has 4 fully saturated rings. The molecule has 0 unspecified atom stereocenters. The van der Waals surface area contributed by atoms with Crippen molar-refractivity contribution >= 4 is 61.2 Å². The summed E-state index contributed by atoms with van der Waals surface area (Å²) >= 11 is 7.44. The number of anilines is 1. The molecule has 7 nitrogen and oxygen atoms in total. The van der Waals surface area contributed by atoms with Gasteiger partial charge in [-0.25, -0.2) is 4.90 Å². The van der Waals surface area contributed by atoms with E-state index < -0.39 is 11.9 Å². The number of nitrogens with zero attached hydrogens (tertiary/aromatic N) is 2. The minimum atomic E-state index is -0.540. The number of hydrogen-bond acceptors (Lipinski definition) is 5. The maximum absolute atomic E-state index is 13.4. The molecule has 3 amide bonds. The van der Waals surface area contributed by atoms with E-state index >= 15 is 0 Å². The summed E-state index contributed by atoms with van der Waals surface area (Å²) in [6.07, 6.45) is 1.00. The first-order valence-electron chi connectivity index (χ1n) is 12.5. The smallest absolute Gasteiger partial charge is 0.316 e. The highest BCUT2D eigenvalue weighted by Crippen LogP contribution is 2.60. The van der Waals surface area contributed by atoms with Crippen LogP contribution in [0.3, 0.4) is 0 Å². The number of carbonyl (C=O) groups is 4. The van der Waals surface area contributed by atoms with Crippen molar-refractivity contribution in [1.82, 2.24) is 4.90 Å². The van der Waals surface area contributed by atoms with Crippen molar-refractivity contribution in [3.05, 3.63) is 59.7 Å². The van der Waals surface area contributed by atoms with E-state index in [0.29, 0.717) is 30.1 Å². The number of aryl methyl sites for hydroxylation is 1. The van der Waals surface area contributed by atoms with E-state index in [2.05, 4.69) is 31.9 Å². The number of imide groups is 1. The Morgan fingerprint density at radius 3 is 2.24 bits per heavy atom. The van der Waals surface area contributed by atoms with Gasteiger partial charge in [-0.3, -0.25) is 19.2 Å². The zero-order valence-corrected chi connectivity index (χ0v) is 23.4. The SMILES string of the molecule is Cc1cc(OC(=O)[C@@H]2CC(=O)N(Cc3ccccc3)C2)ccc1N1C(=O)[C@@H]2[C@H]3C[C@@H]([C@H](Br)[C@H]3Br)[C@H]2C1=O. The number of amides is 3. The number of halogens is 2. The number of carbonyl (C=O) groups excluding carboxylic acids is 4. The van der Waals surface area contributed by atoms with E-state index in [9.17, 15) is 19.2 Å². The molecule has 7 atom stereocenters. The number of ether oxygens (including phenoxy) is 1. The summed E-state index contributed by atoms with van der Waals surface area (Å²) in [6, 6.07) is 14.6. The van der Waals surface area contributed by atoms with Crippen LogP contribution in [0.4, 0.5) is 5.69 Å². The number of esters is 1. The fourth-order valence-corrected chi connectivity index (χ4v) is 8.49. The summed E-state index contributed by atoms with van der Waals surface area (Å²) in [7, 11) is 0. The topological polar surface area (TPSA) is 84.0 Å². The zero-order chi connectivity index (χ0) is 26.0. The summed E-state index contributed by atoms with van der Waals surface area (Å²) in [4.78, 5) is 55.4. The van der Waals surface area contributed by atoms with Crippen LogP contribution in [0.25, 0.3) is 0 Å². The molecule has 2 aromatic rings. The summed E-state index contributed by atoms with van der Waals surface area (Å²) in [6.45, 7) is 2.58. The first kappa shape index (κ1) is 24.8. The van der Waals surface area contributed by atoms with Gasteiger partial charge in [0.05, 0.1) is 23.4 Å². The first-order chi connectivity index (χ1) is 17.7. The van der Waals surface area contributed by atoms with Crippen LogP contribution in [0.1, 0.15) is 24.0 Å². The maximum atomic E-state index is 13.4. The van der Waals surface area contributed by atoms with Crippen molar-refractivity contribution in [2.24, 2.45) is 29.6 Å². The third-order valence-corrected chi connectivity index (χ3v) is 11.6. The average molecular weight is 630 g/mol. The average Bonchev–Trinajstić information content (AvgIpc) is 3.59. The van der Waals surface area contributed by atoms with Gasteiger partial charge in [0, 0.05) is 29.2 Å². The van der Waals surface area contributed by atoms with Crippen LogP contribution in [0.15, 0.2) is 48.5 Å². The van der Waals surface area contributed by atoms with Crippen LogP contribution in [0, 0.1) is 36.5 Å². The molecule has 6 rings (SSSR count). The second kappa shape index (κ2) is 9.34. The first-order valence-corrected chi connectivity index (χ1v) is 14.4. The van der Waals surface area contributed by atoms with Crippen molar-refractivity contribution in [3.8, 4) is 5.75 Å². The van der Waals surface area contributed by atoms with E-state index in [-0.39, 0.29) is 57.5 Å². The molecule has 0 aromatic heterocycles. The number of benzene rings is 2. The summed E-state index contributed by atoms with van der Waals surface area (Å²) < 4.78 is 5.63.